The second-order valence-electron chi connectivity index (χ2n) is 5.51. The van der Waals surface area contributed by atoms with Gasteiger partial charge in [-0.3, -0.25) is 4.99 Å². The first-order valence-electron chi connectivity index (χ1n) is 7.94. The molecule has 1 aromatic heterocycles. The van der Waals surface area contributed by atoms with Crippen LogP contribution in [0.5, 0.6) is 0 Å². The molecule has 0 unspecified atom stereocenters. The maximum Gasteiger partial charge on any atom is 0.276 e. The van der Waals surface area contributed by atoms with Crippen LogP contribution in [0.1, 0.15) is 0 Å². The molecule has 1 aromatic carbocycles. The summed E-state index contributed by atoms with van der Waals surface area (Å²) in [5, 5.41) is 10.5. The van der Waals surface area contributed by atoms with E-state index in [1.807, 2.05) is 42.1 Å². The SMILES string of the molecule is c1ccc(-c2nnc(SC[C@@H]3CN=C(N4CCOCC4)S3)o2)cc1. The quantitative estimate of drug-likeness (QED) is 0.775. The lowest BCUT2D eigenvalue weighted by molar-refractivity contribution is 0.0693. The first-order chi connectivity index (χ1) is 11.9. The van der Waals surface area contributed by atoms with Gasteiger partial charge in [-0.05, 0) is 12.1 Å². The van der Waals surface area contributed by atoms with Crippen molar-refractivity contribution in [3.8, 4) is 11.5 Å². The van der Waals surface area contributed by atoms with E-state index in [0.717, 1.165) is 49.3 Å². The molecule has 0 aliphatic carbocycles. The minimum Gasteiger partial charge on any atom is -0.411 e. The Hall–Kier alpha value is -1.51. The van der Waals surface area contributed by atoms with Gasteiger partial charge in [-0.1, -0.05) is 41.7 Å². The van der Waals surface area contributed by atoms with E-state index in [1.54, 1.807) is 11.8 Å². The van der Waals surface area contributed by atoms with E-state index in [4.69, 9.17) is 9.15 Å². The third-order valence-electron chi connectivity index (χ3n) is 3.80. The monoisotopic (exact) mass is 362 g/mol. The molecule has 3 heterocycles. The number of nitrogens with zero attached hydrogens (tertiary/aromatic N) is 4. The van der Waals surface area contributed by atoms with Gasteiger partial charge >= 0.3 is 0 Å². The Labute approximate surface area is 149 Å². The van der Waals surface area contributed by atoms with Gasteiger partial charge in [0.05, 0.1) is 19.8 Å². The van der Waals surface area contributed by atoms with Crippen molar-refractivity contribution in [2.24, 2.45) is 4.99 Å². The number of aliphatic imine (C=N–C) groups is 1. The third kappa shape index (κ3) is 3.76. The van der Waals surface area contributed by atoms with Crippen LogP contribution in [0.3, 0.4) is 0 Å². The number of rotatable bonds is 4. The molecule has 126 valence electrons. The van der Waals surface area contributed by atoms with Crippen LogP contribution in [0.4, 0.5) is 0 Å². The standard InChI is InChI=1S/C16H18N4O2S2/c1-2-4-12(5-3-1)14-18-19-16(22-14)23-11-13-10-17-15(24-13)20-6-8-21-9-7-20/h1-5,13H,6-11H2/t13-/m0/s1. The first kappa shape index (κ1) is 16.0. The summed E-state index contributed by atoms with van der Waals surface area (Å²) >= 11 is 3.45. The van der Waals surface area contributed by atoms with Crippen LogP contribution in [0.15, 0.2) is 45.0 Å². The van der Waals surface area contributed by atoms with Gasteiger partial charge < -0.3 is 14.1 Å². The van der Waals surface area contributed by atoms with E-state index < -0.39 is 0 Å². The number of hydrogen-bond acceptors (Lipinski definition) is 8. The summed E-state index contributed by atoms with van der Waals surface area (Å²) in [6.07, 6.45) is 0. The van der Waals surface area contributed by atoms with Crippen LogP contribution in [-0.2, 0) is 4.74 Å². The zero-order valence-electron chi connectivity index (χ0n) is 13.1. The van der Waals surface area contributed by atoms with Crippen LogP contribution in [0, 0.1) is 0 Å². The van der Waals surface area contributed by atoms with Crippen molar-refractivity contribution in [2.75, 3.05) is 38.6 Å². The van der Waals surface area contributed by atoms with Crippen LogP contribution in [0.2, 0.25) is 0 Å². The molecule has 2 aliphatic rings. The second kappa shape index (κ2) is 7.58. The number of amidine groups is 1. The number of benzene rings is 1. The molecule has 0 radical (unpaired) electrons. The lowest BCUT2D eigenvalue weighted by Gasteiger charge is -2.28. The Bertz CT molecular complexity index is 701. The second-order valence-corrected chi connectivity index (χ2v) is 7.75. The highest BCUT2D eigenvalue weighted by Crippen LogP contribution is 2.30. The number of morpholine rings is 1. The van der Waals surface area contributed by atoms with Gasteiger partial charge in [0, 0.05) is 29.7 Å². The Balaban J connectivity index is 1.28. The predicted octanol–water partition coefficient (Wildman–Crippen LogP) is 2.63. The normalized spacial score (nSPS) is 21.1. The fourth-order valence-electron chi connectivity index (χ4n) is 2.55. The minimum atomic E-state index is 0.458. The highest BCUT2D eigenvalue weighted by atomic mass is 32.2. The molecule has 0 bridgehead atoms. The van der Waals surface area contributed by atoms with E-state index in [2.05, 4.69) is 20.1 Å². The minimum absolute atomic E-state index is 0.458. The van der Waals surface area contributed by atoms with Crippen LogP contribution in [0.25, 0.3) is 11.5 Å². The molecule has 0 spiro atoms. The molecular formula is C16H18N4O2S2. The van der Waals surface area contributed by atoms with Gasteiger partial charge in [-0.25, -0.2) is 0 Å². The summed E-state index contributed by atoms with van der Waals surface area (Å²) in [6, 6.07) is 9.84. The molecule has 4 rings (SSSR count). The lowest BCUT2D eigenvalue weighted by atomic mass is 10.2. The number of thioether (sulfide) groups is 2. The molecule has 6 nitrogen and oxygen atoms in total. The Morgan fingerprint density at radius 3 is 2.83 bits per heavy atom. The van der Waals surface area contributed by atoms with E-state index in [0.29, 0.717) is 16.4 Å². The van der Waals surface area contributed by atoms with Gasteiger partial charge in [0.25, 0.3) is 5.22 Å². The zero-order chi connectivity index (χ0) is 16.2. The number of hydrogen-bond donors (Lipinski definition) is 0. The smallest absolute Gasteiger partial charge is 0.276 e. The van der Waals surface area contributed by atoms with E-state index in [9.17, 15) is 0 Å². The molecule has 2 aromatic rings. The first-order valence-corrected chi connectivity index (χ1v) is 9.80. The van der Waals surface area contributed by atoms with Crippen molar-refractivity contribution in [3.63, 3.8) is 0 Å². The molecule has 1 atom stereocenters. The summed E-state index contributed by atoms with van der Waals surface area (Å²) in [5.74, 6) is 1.49. The topological polar surface area (TPSA) is 63.8 Å². The average molecular weight is 362 g/mol. The molecule has 0 amide bonds. The van der Waals surface area contributed by atoms with Crippen LogP contribution < -0.4 is 0 Å². The molecule has 8 heteroatoms. The van der Waals surface area contributed by atoms with E-state index in [1.165, 1.54) is 0 Å². The zero-order valence-corrected chi connectivity index (χ0v) is 14.8. The Kier molecular flexibility index (Phi) is 5.05. The predicted molar refractivity (Wildman–Crippen MR) is 96.5 cm³/mol. The number of ether oxygens (including phenoxy) is 1. The van der Waals surface area contributed by atoms with Crippen molar-refractivity contribution in [1.29, 1.82) is 0 Å². The summed E-state index contributed by atoms with van der Waals surface area (Å²) in [7, 11) is 0. The molecule has 0 N–H and O–H groups in total. The molecule has 0 saturated carbocycles. The largest absolute Gasteiger partial charge is 0.411 e. The summed E-state index contributed by atoms with van der Waals surface area (Å²) in [6.45, 7) is 4.32. The highest BCUT2D eigenvalue weighted by Gasteiger charge is 2.25. The Morgan fingerprint density at radius 1 is 1.17 bits per heavy atom. The van der Waals surface area contributed by atoms with Crippen molar-refractivity contribution in [2.45, 2.75) is 10.5 Å². The lowest BCUT2D eigenvalue weighted by Crippen LogP contribution is -2.39. The number of aromatic nitrogens is 2. The maximum atomic E-state index is 5.74. The van der Waals surface area contributed by atoms with Crippen molar-refractivity contribution >= 4 is 28.7 Å². The van der Waals surface area contributed by atoms with Crippen molar-refractivity contribution in [3.05, 3.63) is 30.3 Å². The van der Waals surface area contributed by atoms with Crippen LogP contribution in [-0.4, -0.2) is 64.1 Å². The van der Waals surface area contributed by atoms with Gasteiger partial charge in [0.15, 0.2) is 5.17 Å². The third-order valence-corrected chi connectivity index (χ3v) is 6.24. The Morgan fingerprint density at radius 2 is 2.00 bits per heavy atom. The fraction of sp³-hybridized carbons (Fsp3) is 0.438. The highest BCUT2D eigenvalue weighted by molar-refractivity contribution is 8.15. The maximum absolute atomic E-state index is 5.74. The van der Waals surface area contributed by atoms with Gasteiger partial charge in [0.2, 0.25) is 5.89 Å². The summed E-state index contributed by atoms with van der Waals surface area (Å²) in [4.78, 5) is 6.99. The van der Waals surface area contributed by atoms with Crippen LogP contribution >= 0.6 is 23.5 Å². The molecular weight excluding hydrogens is 344 g/mol. The van der Waals surface area contributed by atoms with Crippen molar-refractivity contribution in [1.82, 2.24) is 15.1 Å². The molecule has 24 heavy (non-hydrogen) atoms. The molecule has 2 aliphatic heterocycles. The average Bonchev–Trinajstić information content (AvgIpc) is 3.31. The molecule has 1 saturated heterocycles. The van der Waals surface area contributed by atoms with Gasteiger partial charge in [-0.15, -0.1) is 10.2 Å². The van der Waals surface area contributed by atoms with E-state index >= 15 is 0 Å². The summed E-state index contributed by atoms with van der Waals surface area (Å²) in [5.41, 5.74) is 0.949. The van der Waals surface area contributed by atoms with Gasteiger partial charge in [0.1, 0.15) is 0 Å². The van der Waals surface area contributed by atoms with Gasteiger partial charge in [-0.2, -0.15) is 0 Å². The summed E-state index contributed by atoms with van der Waals surface area (Å²) < 4.78 is 11.1. The van der Waals surface area contributed by atoms with Crippen molar-refractivity contribution < 1.29 is 9.15 Å². The van der Waals surface area contributed by atoms with E-state index in [-0.39, 0.29) is 0 Å². The molecule has 1 fully saturated rings. The fourth-order valence-corrected chi connectivity index (χ4v) is 4.62.